The van der Waals surface area contributed by atoms with Crippen LogP contribution in [0, 0.1) is 5.92 Å². The molecule has 2 aliphatic rings. The first-order chi connectivity index (χ1) is 8.57. The molecule has 0 bridgehead atoms. The molecule has 0 aromatic rings. The van der Waals surface area contributed by atoms with Crippen molar-refractivity contribution in [2.24, 2.45) is 11.7 Å². The summed E-state index contributed by atoms with van der Waals surface area (Å²) in [4.78, 5) is 5.23. The van der Waals surface area contributed by atoms with E-state index in [0.717, 1.165) is 12.5 Å². The molecule has 0 aromatic carbocycles. The Balaban J connectivity index is 2.14. The highest BCUT2D eigenvalue weighted by Gasteiger charge is 2.41. The van der Waals surface area contributed by atoms with E-state index in [1.807, 2.05) is 0 Å². The normalized spacial score (nSPS) is 40.7. The van der Waals surface area contributed by atoms with Gasteiger partial charge in [0.1, 0.15) is 0 Å². The Bertz CT molecular complexity index is 268. The topological polar surface area (TPSA) is 32.5 Å². The predicted molar refractivity (Wildman–Crippen MR) is 77.7 cm³/mol. The number of nitrogens with two attached hydrogens (primary N) is 1. The maximum atomic E-state index is 6.22. The van der Waals surface area contributed by atoms with Crippen molar-refractivity contribution in [2.75, 3.05) is 33.2 Å². The summed E-state index contributed by atoms with van der Waals surface area (Å²) in [6.07, 6.45) is 6.65. The van der Waals surface area contributed by atoms with Gasteiger partial charge >= 0.3 is 0 Å². The van der Waals surface area contributed by atoms with Crippen LogP contribution in [0.5, 0.6) is 0 Å². The molecule has 2 fully saturated rings. The van der Waals surface area contributed by atoms with Gasteiger partial charge in [0, 0.05) is 31.2 Å². The molecule has 2 rings (SSSR count). The first-order valence-electron chi connectivity index (χ1n) is 7.73. The summed E-state index contributed by atoms with van der Waals surface area (Å²) >= 11 is 0. The number of rotatable bonds is 2. The van der Waals surface area contributed by atoms with E-state index in [9.17, 15) is 0 Å². The minimum Gasteiger partial charge on any atom is -0.329 e. The number of hydrogen-bond donors (Lipinski definition) is 1. The van der Waals surface area contributed by atoms with Crippen molar-refractivity contribution in [1.29, 1.82) is 0 Å². The van der Waals surface area contributed by atoms with Crippen molar-refractivity contribution in [3.05, 3.63) is 0 Å². The summed E-state index contributed by atoms with van der Waals surface area (Å²) in [5, 5.41) is 0. The van der Waals surface area contributed by atoms with E-state index in [1.54, 1.807) is 0 Å². The molecule has 2 N–H and O–H groups in total. The average Bonchev–Trinajstić information content (AvgIpc) is 2.50. The van der Waals surface area contributed by atoms with E-state index in [2.05, 4.69) is 30.7 Å². The summed E-state index contributed by atoms with van der Waals surface area (Å²) in [5.74, 6) is 0.843. The smallest absolute Gasteiger partial charge is 0.0337 e. The van der Waals surface area contributed by atoms with Crippen LogP contribution in [0.15, 0.2) is 0 Å². The Morgan fingerprint density at radius 3 is 2.67 bits per heavy atom. The maximum Gasteiger partial charge on any atom is 0.0337 e. The number of nitrogens with zero attached hydrogens (tertiary/aromatic N) is 2. The Kier molecular flexibility index (Phi) is 4.68. The van der Waals surface area contributed by atoms with Gasteiger partial charge < -0.3 is 10.6 Å². The minimum atomic E-state index is 0.294. The molecular formula is C15H31N3. The summed E-state index contributed by atoms with van der Waals surface area (Å²) in [5.41, 5.74) is 6.52. The van der Waals surface area contributed by atoms with Gasteiger partial charge in [0.05, 0.1) is 0 Å². The van der Waals surface area contributed by atoms with E-state index in [1.165, 1.54) is 51.7 Å². The van der Waals surface area contributed by atoms with Crippen LogP contribution in [-0.4, -0.2) is 54.6 Å². The lowest BCUT2D eigenvalue weighted by atomic mass is 9.74. The SMILES string of the molecule is CC1CCCC(CN)(N2CCCN(C)CC2C)C1. The third kappa shape index (κ3) is 2.89. The molecule has 1 saturated carbocycles. The lowest BCUT2D eigenvalue weighted by Crippen LogP contribution is -2.60. The lowest BCUT2D eigenvalue weighted by Gasteiger charge is -2.50. The molecule has 1 heterocycles. The van der Waals surface area contributed by atoms with Crippen molar-refractivity contribution in [3.8, 4) is 0 Å². The van der Waals surface area contributed by atoms with E-state index < -0.39 is 0 Å². The molecule has 0 spiro atoms. The zero-order valence-corrected chi connectivity index (χ0v) is 12.5. The molecule has 3 atom stereocenters. The van der Waals surface area contributed by atoms with Crippen LogP contribution >= 0.6 is 0 Å². The molecule has 3 nitrogen and oxygen atoms in total. The first kappa shape index (κ1) is 14.3. The highest BCUT2D eigenvalue weighted by Crippen LogP contribution is 2.38. The molecule has 0 radical (unpaired) electrons. The highest BCUT2D eigenvalue weighted by atomic mass is 15.3. The monoisotopic (exact) mass is 253 g/mol. The second-order valence-electron chi connectivity index (χ2n) is 6.79. The third-order valence-corrected chi connectivity index (χ3v) is 5.10. The molecule has 0 aromatic heterocycles. The zero-order chi connectivity index (χ0) is 13.2. The molecule has 1 aliphatic carbocycles. The van der Waals surface area contributed by atoms with E-state index in [-0.39, 0.29) is 0 Å². The molecular weight excluding hydrogens is 222 g/mol. The van der Waals surface area contributed by atoms with Crippen LogP contribution in [0.4, 0.5) is 0 Å². The molecule has 106 valence electrons. The van der Waals surface area contributed by atoms with Gasteiger partial charge in [-0.3, -0.25) is 4.90 Å². The second-order valence-corrected chi connectivity index (χ2v) is 6.79. The van der Waals surface area contributed by atoms with Crippen molar-refractivity contribution in [3.63, 3.8) is 0 Å². The van der Waals surface area contributed by atoms with E-state index in [0.29, 0.717) is 11.6 Å². The second kappa shape index (κ2) is 5.89. The Morgan fingerprint density at radius 2 is 2.00 bits per heavy atom. The molecule has 3 heteroatoms. The van der Waals surface area contributed by atoms with Gasteiger partial charge in [0.25, 0.3) is 0 Å². The van der Waals surface area contributed by atoms with Crippen molar-refractivity contribution in [2.45, 2.75) is 57.5 Å². The third-order valence-electron chi connectivity index (χ3n) is 5.10. The lowest BCUT2D eigenvalue weighted by molar-refractivity contribution is 0.0120. The van der Waals surface area contributed by atoms with Crippen LogP contribution in [0.2, 0.25) is 0 Å². The fraction of sp³-hybridized carbons (Fsp3) is 1.00. The molecule has 1 saturated heterocycles. The average molecular weight is 253 g/mol. The molecule has 1 aliphatic heterocycles. The van der Waals surface area contributed by atoms with Crippen LogP contribution in [0.25, 0.3) is 0 Å². The molecule has 0 amide bonds. The van der Waals surface area contributed by atoms with Crippen LogP contribution in [0.1, 0.15) is 46.0 Å². The Hall–Kier alpha value is -0.120. The van der Waals surface area contributed by atoms with E-state index >= 15 is 0 Å². The van der Waals surface area contributed by atoms with Gasteiger partial charge in [0.15, 0.2) is 0 Å². The van der Waals surface area contributed by atoms with Crippen LogP contribution in [0.3, 0.4) is 0 Å². The Labute approximate surface area is 113 Å². The standard InChI is InChI=1S/C15H31N3/c1-13-6-4-7-15(10-13,12-16)18-9-5-8-17(3)11-14(18)2/h13-14H,4-12,16H2,1-3H3. The van der Waals surface area contributed by atoms with Gasteiger partial charge in [-0.2, -0.15) is 0 Å². The van der Waals surface area contributed by atoms with Crippen LogP contribution < -0.4 is 5.73 Å². The van der Waals surface area contributed by atoms with Gasteiger partial charge in [-0.25, -0.2) is 0 Å². The first-order valence-corrected chi connectivity index (χ1v) is 7.73. The fourth-order valence-electron chi connectivity index (χ4n) is 4.27. The molecule has 3 unspecified atom stereocenters. The van der Waals surface area contributed by atoms with Crippen molar-refractivity contribution < 1.29 is 0 Å². The fourth-order valence-corrected chi connectivity index (χ4v) is 4.27. The van der Waals surface area contributed by atoms with Gasteiger partial charge in [0.2, 0.25) is 0 Å². The zero-order valence-electron chi connectivity index (χ0n) is 12.5. The summed E-state index contributed by atoms with van der Waals surface area (Å²) < 4.78 is 0. The predicted octanol–water partition coefficient (Wildman–Crippen LogP) is 1.92. The maximum absolute atomic E-state index is 6.22. The number of hydrogen-bond acceptors (Lipinski definition) is 3. The van der Waals surface area contributed by atoms with Gasteiger partial charge in [-0.1, -0.05) is 19.8 Å². The Morgan fingerprint density at radius 1 is 1.22 bits per heavy atom. The van der Waals surface area contributed by atoms with Crippen molar-refractivity contribution in [1.82, 2.24) is 9.80 Å². The summed E-state index contributed by atoms with van der Waals surface area (Å²) in [7, 11) is 2.25. The largest absolute Gasteiger partial charge is 0.329 e. The minimum absolute atomic E-state index is 0.294. The van der Waals surface area contributed by atoms with E-state index in [4.69, 9.17) is 5.73 Å². The summed E-state index contributed by atoms with van der Waals surface area (Å²) in [6.45, 7) is 9.28. The van der Waals surface area contributed by atoms with Gasteiger partial charge in [-0.15, -0.1) is 0 Å². The summed E-state index contributed by atoms with van der Waals surface area (Å²) in [6, 6.07) is 0.645. The quantitative estimate of drug-likeness (QED) is 0.816. The highest BCUT2D eigenvalue weighted by molar-refractivity contribution is 4.98. The van der Waals surface area contributed by atoms with Gasteiger partial charge in [-0.05, 0) is 45.7 Å². The van der Waals surface area contributed by atoms with Crippen molar-refractivity contribution >= 4 is 0 Å². The molecule has 18 heavy (non-hydrogen) atoms. The number of likely N-dealkylation sites (N-methyl/N-ethyl adjacent to an activating group) is 1. The van der Waals surface area contributed by atoms with Crippen LogP contribution in [-0.2, 0) is 0 Å².